The van der Waals surface area contributed by atoms with Crippen molar-refractivity contribution in [1.29, 1.82) is 0 Å². The molecule has 0 aromatic heterocycles. The van der Waals surface area contributed by atoms with E-state index in [0.717, 1.165) is 58.0 Å². The number of carbonyl (C=O) groups excluding carboxylic acids is 2. The molecule has 2 aliphatic carbocycles. The van der Waals surface area contributed by atoms with Gasteiger partial charge in [-0.15, -0.1) is 12.4 Å². The molecule has 1 atom stereocenters. The van der Waals surface area contributed by atoms with Gasteiger partial charge in [-0.3, -0.25) is 9.59 Å². The molecule has 3 N–H and O–H groups in total. The Morgan fingerprint density at radius 3 is 2.34 bits per heavy atom. The summed E-state index contributed by atoms with van der Waals surface area (Å²) in [4.78, 5) is 25.0. The highest BCUT2D eigenvalue weighted by molar-refractivity contribution is 5.85. The van der Waals surface area contributed by atoms with Crippen molar-refractivity contribution in [1.82, 2.24) is 16.0 Å². The van der Waals surface area contributed by atoms with Gasteiger partial charge in [-0.05, 0) is 62.0 Å². The Hall–Kier alpha value is -1.59. The van der Waals surface area contributed by atoms with Crippen molar-refractivity contribution in [3.63, 3.8) is 0 Å². The minimum atomic E-state index is -0.136. The van der Waals surface area contributed by atoms with Gasteiger partial charge in [0.1, 0.15) is 0 Å². The molecular formula is C23H34ClN3O2. The molecule has 2 amide bonds. The van der Waals surface area contributed by atoms with Crippen molar-refractivity contribution in [2.75, 3.05) is 6.54 Å². The molecule has 1 aromatic carbocycles. The lowest BCUT2D eigenvalue weighted by Crippen LogP contribution is -2.48. The number of hydrogen-bond acceptors (Lipinski definition) is 3. The van der Waals surface area contributed by atoms with E-state index in [1.54, 1.807) is 0 Å². The predicted molar refractivity (Wildman–Crippen MR) is 117 cm³/mol. The van der Waals surface area contributed by atoms with Gasteiger partial charge >= 0.3 is 0 Å². The van der Waals surface area contributed by atoms with Crippen molar-refractivity contribution in [3.8, 4) is 0 Å². The normalized spacial score (nSPS) is 26.8. The van der Waals surface area contributed by atoms with E-state index in [1.807, 2.05) is 12.1 Å². The highest BCUT2D eigenvalue weighted by Gasteiger charge is 2.29. The Bertz CT molecular complexity index is 697. The molecule has 5 nitrogen and oxygen atoms in total. The van der Waals surface area contributed by atoms with Crippen LogP contribution in [0.15, 0.2) is 24.3 Å². The van der Waals surface area contributed by atoms with E-state index in [9.17, 15) is 9.59 Å². The lowest BCUT2D eigenvalue weighted by molar-refractivity contribution is -0.127. The van der Waals surface area contributed by atoms with Gasteiger partial charge in [-0.25, -0.2) is 0 Å². The van der Waals surface area contributed by atoms with Crippen LogP contribution in [0.3, 0.4) is 0 Å². The van der Waals surface area contributed by atoms with Crippen LogP contribution in [0.5, 0.6) is 0 Å². The van der Waals surface area contributed by atoms with Crippen LogP contribution in [0.2, 0.25) is 0 Å². The molecule has 0 unspecified atom stereocenters. The van der Waals surface area contributed by atoms with Gasteiger partial charge in [0.25, 0.3) is 0 Å². The first kappa shape index (κ1) is 22.1. The van der Waals surface area contributed by atoms with Crippen molar-refractivity contribution in [2.45, 2.75) is 76.4 Å². The lowest BCUT2D eigenvalue weighted by Gasteiger charge is -2.30. The summed E-state index contributed by atoms with van der Waals surface area (Å²) in [6.07, 6.45) is 9.52. The fourth-order valence-corrected chi connectivity index (χ4v) is 5.03. The van der Waals surface area contributed by atoms with Crippen molar-refractivity contribution in [2.24, 2.45) is 11.8 Å². The molecule has 2 saturated carbocycles. The van der Waals surface area contributed by atoms with E-state index >= 15 is 0 Å². The third-order valence-corrected chi connectivity index (χ3v) is 6.88. The minimum Gasteiger partial charge on any atom is -0.354 e. The summed E-state index contributed by atoms with van der Waals surface area (Å²) in [5, 5.41) is 9.76. The van der Waals surface area contributed by atoms with Crippen LogP contribution in [0.25, 0.3) is 0 Å². The Kier molecular flexibility index (Phi) is 7.96. The van der Waals surface area contributed by atoms with Gasteiger partial charge in [0.05, 0.1) is 6.04 Å². The maximum Gasteiger partial charge on any atom is 0.237 e. The smallest absolute Gasteiger partial charge is 0.237 e. The summed E-state index contributed by atoms with van der Waals surface area (Å²) >= 11 is 0. The number of amides is 2. The molecule has 1 heterocycles. The predicted octanol–water partition coefficient (Wildman–Crippen LogP) is 3.10. The second-order valence-corrected chi connectivity index (χ2v) is 8.86. The van der Waals surface area contributed by atoms with E-state index in [2.05, 4.69) is 28.1 Å². The number of rotatable bonds is 5. The Morgan fingerprint density at radius 2 is 1.62 bits per heavy atom. The minimum absolute atomic E-state index is 0. The number of fused-ring (bicyclic) bond motifs is 1. The fourth-order valence-electron chi connectivity index (χ4n) is 5.03. The zero-order valence-corrected chi connectivity index (χ0v) is 17.9. The third kappa shape index (κ3) is 5.73. The Balaban J connectivity index is 0.00000240. The maximum atomic E-state index is 12.6. The van der Waals surface area contributed by atoms with Gasteiger partial charge in [0, 0.05) is 25.0 Å². The first-order chi connectivity index (χ1) is 13.7. The highest BCUT2D eigenvalue weighted by Crippen LogP contribution is 2.29. The number of benzene rings is 1. The van der Waals surface area contributed by atoms with Crippen LogP contribution >= 0.6 is 12.4 Å². The molecule has 2 fully saturated rings. The van der Waals surface area contributed by atoms with Crippen LogP contribution in [0.1, 0.15) is 62.5 Å². The summed E-state index contributed by atoms with van der Waals surface area (Å²) in [5.74, 6) is 1.04. The molecule has 1 aliphatic heterocycles. The van der Waals surface area contributed by atoms with E-state index in [-0.39, 0.29) is 36.2 Å². The summed E-state index contributed by atoms with van der Waals surface area (Å²) < 4.78 is 0. The fraction of sp³-hybridized carbons (Fsp3) is 0.652. The summed E-state index contributed by atoms with van der Waals surface area (Å²) in [6, 6.07) is 8.61. The maximum absolute atomic E-state index is 12.6. The van der Waals surface area contributed by atoms with Crippen LogP contribution in [-0.2, 0) is 22.6 Å². The average molecular weight is 420 g/mol. The lowest BCUT2D eigenvalue weighted by atomic mass is 9.81. The molecule has 6 heteroatoms. The SMILES string of the molecule is Cl.O=C(NC1CCCC1)C1CCC(CNC(=O)[C@@H]2Cc3ccccc3CN2)CC1. The first-order valence-electron chi connectivity index (χ1n) is 11.1. The first-order valence-corrected chi connectivity index (χ1v) is 11.1. The van der Waals surface area contributed by atoms with Crippen LogP contribution < -0.4 is 16.0 Å². The van der Waals surface area contributed by atoms with E-state index in [1.165, 1.54) is 24.0 Å². The zero-order chi connectivity index (χ0) is 19.3. The van der Waals surface area contributed by atoms with Crippen LogP contribution in [-0.4, -0.2) is 30.4 Å². The monoisotopic (exact) mass is 419 g/mol. The Labute approximate surface area is 180 Å². The highest BCUT2D eigenvalue weighted by atomic mass is 35.5. The average Bonchev–Trinajstić information content (AvgIpc) is 3.25. The number of hydrogen-bond donors (Lipinski definition) is 3. The number of halogens is 1. The molecular weight excluding hydrogens is 386 g/mol. The van der Waals surface area contributed by atoms with E-state index in [4.69, 9.17) is 0 Å². The summed E-state index contributed by atoms with van der Waals surface area (Å²) in [7, 11) is 0. The summed E-state index contributed by atoms with van der Waals surface area (Å²) in [5.41, 5.74) is 2.57. The van der Waals surface area contributed by atoms with Gasteiger partial charge in [0.2, 0.25) is 11.8 Å². The van der Waals surface area contributed by atoms with Crippen molar-refractivity contribution in [3.05, 3.63) is 35.4 Å². The molecule has 0 spiro atoms. The van der Waals surface area contributed by atoms with Gasteiger partial charge in [-0.1, -0.05) is 37.1 Å². The molecule has 0 radical (unpaired) electrons. The van der Waals surface area contributed by atoms with Gasteiger partial charge < -0.3 is 16.0 Å². The molecule has 4 rings (SSSR count). The number of carbonyl (C=O) groups is 2. The topological polar surface area (TPSA) is 70.2 Å². The van der Waals surface area contributed by atoms with Gasteiger partial charge in [-0.2, -0.15) is 0 Å². The number of nitrogens with one attached hydrogen (secondary N) is 3. The van der Waals surface area contributed by atoms with E-state index < -0.39 is 0 Å². The quantitative estimate of drug-likeness (QED) is 0.686. The van der Waals surface area contributed by atoms with Crippen molar-refractivity contribution < 1.29 is 9.59 Å². The van der Waals surface area contributed by atoms with Crippen LogP contribution in [0, 0.1) is 11.8 Å². The van der Waals surface area contributed by atoms with Crippen molar-refractivity contribution >= 4 is 24.2 Å². The standard InChI is InChI=1S/C23H33N3O2.ClH/c27-22(26-20-7-3-4-8-20)17-11-9-16(10-12-17)14-25-23(28)21-13-18-5-1-2-6-19(18)15-24-21;/h1-2,5-6,16-17,20-21,24H,3-4,7-15H2,(H,25,28)(H,26,27);1H/t16?,17?,21-;/m0./s1. The van der Waals surface area contributed by atoms with E-state index in [0.29, 0.717) is 12.0 Å². The summed E-state index contributed by atoms with van der Waals surface area (Å²) in [6.45, 7) is 1.49. The molecule has 160 valence electrons. The van der Waals surface area contributed by atoms with Gasteiger partial charge in [0.15, 0.2) is 0 Å². The molecule has 29 heavy (non-hydrogen) atoms. The largest absolute Gasteiger partial charge is 0.354 e. The molecule has 0 saturated heterocycles. The molecule has 3 aliphatic rings. The third-order valence-electron chi connectivity index (χ3n) is 6.88. The second kappa shape index (κ2) is 10.4. The molecule has 1 aromatic rings. The van der Waals surface area contributed by atoms with Crippen LogP contribution in [0.4, 0.5) is 0 Å². The zero-order valence-electron chi connectivity index (χ0n) is 17.1. The Morgan fingerprint density at radius 1 is 0.931 bits per heavy atom. The second-order valence-electron chi connectivity index (χ2n) is 8.86. The molecule has 0 bridgehead atoms.